The standard InChI is InChI=1S/C17H14O4/c1-9-5-4-8-12-14(9)20-17(19)13-10-6-2-3-7-11(10)16(18)21-15(12)13/h4-5,8H,2-3,6-7H2,1H3. The van der Waals surface area contributed by atoms with Crippen LogP contribution in [-0.2, 0) is 12.8 Å². The van der Waals surface area contributed by atoms with Gasteiger partial charge in [-0.25, -0.2) is 9.59 Å². The lowest BCUT2D eigenvalue weighted by molar-refractivity contribution is 0.521. The largest absolute Gasteiger partial charge is 0.422 e. The number of hydrogen-bond acceptors (Lipinski definition) is 4. The van der Waals surface area contributed by atoms with Crippen molar-refractivity contribution in [2.75, 3.05) is 0 Å². The first-order valence-electron chi connectivity index (χ1n) is 7.18. The molecule has 1 aliphatic carbocycles. The molecule has 0 atom stereocenters. The summed E-state index contributed by atoms with van der Waals surface area (Å²) in [5.74, 6) is 0. The molecule has 0 N–H and O–H groups in total. The van der Waals surface area contributed by atoms with Gasteiger partial charge in [0.05, 0.1) is 5.39 Å². The average Bonchev–Trinajstić information content (AvgIpc) is 2.49. The van der Waals surface area contributed by atoms with Crippen LogP contribution in [0.5, 0.6) is 0 Å². The molecule has 4 rings (SSSR count). The fraction of sp³-hybridized carbons (Fsp3) is 0.294. The summed E-state index contributed by atoms with van der Waals surface area (Å²) >= 11 is 0. The second kappa shape index (κ2) is 4.32. The van der Waals surface area contributed by atoms with Crippen LogP contribution in [0.4, 0.5) is 0 Å². The number of para-hydroxylation sites is 1. The van der Waals surface area contributed by atoms with Gasteiger partial charge < -0.3 is 8.83 Å². The SMILES string of the molecule is Cc1cccc2c1oc(=O)c1c3c(c(=O)oc12)CCCC3. The summed E-state index contributed by atoms with van der Waals surface area (Å²) in [6.45, 7) is 1.87. The van der Waals surface area contributed by atoms with Gasteiger partial charge in [0.15, 0.2) is 5.58 Å². The van der Waals surface area contributed by atoms with Crippen LogP contribution in [0.15, 0.2) is 36.6 Å². The van der Waals surface area contributed by atoms with Crippen LogP contribution in [0.3, 0.4) is 0 Å². The van der Waals surface area contributed by atoms with E-state index in [1.165, 1.54) is 0 Å². The van der Waals surface area contributed by atoms with Gasteiger partial charge in [0.2, 0.25) is 0 Å². The van der Waals surface area contributed by atoms with Gasteiger partial charge in [-0.15, -0.1) is 0 Å². The lowest BCUT2D eigenvalue weighted by Crippen LogP contribution is -2.19. The number of fused-ring (bicyclic) bond motifs is 5. The Kier molecular flexibility index (Phi) is 2.55. The molecule has 2 heterocycles. The second-order valence-electron chi connectivity index (χ2n) is 5.60. The Labute approximate surface area is 120 Å². The lowest BCUT2D eigenvalue weighted by Gasteiger charge is -2.15. The quantitative estimate of drug-likeness (QED) is 0.469. The van der Waals surface area contributed by atoms with E-state index in [4.69, 9.17) is 8.83 Å². The van der Waals surface area contributed by atoms with Gasteiger partial charge >= 0.3 is 11.3 Å². The zero-order valence-corrected chi connectivity index (χ0v) is 11.7. The maximum atomic E-state index is 12.4. The average molecular weight is 282 g/mol. The monoisotopic (exact) mass is 282 g/mol. The molecule has 1 aromatic carbocycles. The van der Waals surface area contributed by atoms with Crippen molar-refractivity contribution in [3.05, 3.63) is 55.7 Å². The molecule has 0 unspecified atom stereocenters. The molecular formula is C17H14O4. The predicted molar refractivity (Wildman–Crippen MR) is 79.9 cm³/mol. The molecule has 106 valence electrons. The minimum Gasteiger partial charge on any atom is -0.422 e. The highest BCUT2D eigenvalue weighted by atomic mass is 16.4. The molecule has 4 nitrogen and oxygen atoms in total. The molecule has 0 spiro atoms. The minimum absolute atomic E-state index is 0.314. The zero-order valence-electron chi connectivity index (χ0n) is 11.7. The fourth-order valence-electron chi connectivity index (χ4n) is 3.26. The van der Waals surface area contributed by atoms with Crippen molar-refractivity contribution in [3.8, 4) is 0 Å². The van der Waals surface area contributed by atoms with E-state index in [1.54, 1.807) is 0 Å². The van der Waals surface area contributed by atoms with Crippen LogP contribution in [0.25, 0.3) is 21.9 Å². The molecule has 0 saturated heterocycles. The van der Waals surface area contributed by atoms with E-state index < -0.39 is 5.63 Å². The topological polar surface area (TPSA) is 60.4 Å². The Balaban J connectivity index is 2.30. The summed E-state index contributed by atoms with van der Waals surface area (Å²) in [5, 5.41) is 1.14. The van der Waals surface area contributed by atoms with Crippen molar-refractivity contribution in [1.29, 1.82) is 0 Å². The molecule has 0 aliphatic heterocycles. The van der Waals surface area contributed by atoms with E-state index in [0.29, 0.717) is 33.9 Å². The molecule has 0 amide bonds. The molecule has 21 heavy (non-hydrogen) atoms. The molecule has 0 saturated carbocycles. The molecule has 0 bridgehead atoms. The second-order valence-corrected chi connectivity index (χ2v) is 5.60. The maximum absolute atomic E-state index is 12.4. The van der Waals surface area contributed by atoms with Crippen molar-refractivity contribution in [3.63, 3.8) is 0 Å². The first-order valence-corrected chi connectivity index (χ1v) is 7.18. The van der Waals surface area contributed by atoms with Crippen LogP contribution in [-0.4, -0.2) is 0 Å². The van der Waals surface area contributed by atoms with Gasteiger partial charge in [0, 0.05) is 5.56 Å². The third-order valence-corrected chi connectivity index (χ3v) is 4.29. The van der Waals surface area contributed by atoms with E-state index in [9.17, 15) is 9.59 Å². The summed E-state index contributed by atoms with van der Waals surface area (Å²) in [6.07, 6.45) is 3.36. The number of aryl methyl sites for hydroxylation is 2. The van der Waals surface area contributed by atoms with Crippen LogP contribution in [0.2, 0.25) is 0 Å². The van der Waals surface area contributed by atoms with Gasteiger partial charge in [-0.3, -0.25) is 0 Å². The molecule has 0 radical (unpaired) electrons. The van der Waals surface area contributed by atoms with Gasteiger partial charge in [0.1, 0.15) is 11.0 Å². The fourth-order valence-corrected chi connectivity index (χ4v) is 3.26. The van der Waals surface area contributed by atoms with E-state index in [1.807, 2.05) is 25.1 Å². The first-order chi connectivity index (χ1) is 10.2. The predicted octanol–water partition coefficient (Wildman–Crippen LogP) is 3.09. The summed E-state index contributed by atoms with van der Waals surface area (Å²) in [7, 11) is 0. The van der Waals surface area contributed by atoms with Crippen LogP contribution in [0.1, 0.15) is 29.5 Å². The van der Waals surface area contributed by atoms with Gasteiger partial charge in [-0.1, -0.05) is 12.1 Å². The van der Waals surface area contributed by atoms with Crippen molar-refractivity contribution in [1.82, 2.24) is 0 Å². The lowest BCUT2D eigenvalue weighted by atomic mass is 9.91. The van der Waals surface area contributed by atoms with Gasteiger partial charge in [-0.05, 0) is 49.8 Å². The molecule has 1 aliphatic rings. The third-order valence-electron chi connectivity index (χ3n) is 4.29. The molecule has 3 aromatic rings. The zero-order chi connectivity index (χ0) is 14.6. The summed E-state index contributed by atoms with van der Waals surface area (Å²) < 4.78 is 11.0. The molecular weight excluding hydrogens is 268 g/mol. The van der Waals surface area contributed by atoms with E-state index in [2.05, 4.69) is 0 Å². The minimum atomic E-state index is -0.409. The highest BCUT2D eigenvalue weighted by Crippen LogP contribution is 2.30. The Morgan fingerprint density at radius 3 is 2.43 bits per heavy atom. The van der Waals surface area contributed by atoms with E-state index in [0.717, 1.165) is 30.4 Å². The summed E-state index contributed by atoms with van der Waals surface area (Å²) in [4.78, 5) is 24.6. The number of benzene rings is 1. The van der Waals surface area contributed by atoms with Crippen molar-refractivity contribution in [2.24, 2.45) is 0 Å². The maximum Gasteiger partial charge on any atom is 0.347 e. The van der Waals surface area contributed by atoms with Crippen molar-refractivity contribution >= 4 is 21.9 Å². The van der Waals surface area contributed by atoms with E-state index in [-0.39, 0.29) is 5.63 Å². The molecule has 4 heteroatoms. The Morgan fingerprint density at radius 1 is 0.905 bits per heavy atom. The van der Waals surface area contributed by atoms with Crippen molar-refractivity contribution in [2.45, 2.75) is 32.6 Å². The Hall–Kier alpha value is -2.36. The first kappa shape index (κ1) is 12.4. The Morgan fingerprint density at radius 2 is 1.62 bits per heavy atom. The Bertz CT molecular complexity index is 991. The summed E-state index contributed by atoms with van der Waals surface area (Å²) in [6, 6.07) is 5.57. The van der Waals surface area contributed by atoms with Crippen LogP contribution in [0, 0.1) is 6.92 Å². The molecule has 0 fully saturated rings. The third kappa shape index (κ3) is 1.68. The van der Waals surface area contributed by atoms with Crippen molar-refractivity contribution < 1.29 is 8.83 Å². The van der Waals surface area contributed by atoms with E-state index >= 15 is 0 Å². The highest BCUT2D eigenvalue weighted by molar-refractivity contribution is 6.02. The number of hydrogen-bond donors (Lipinski definition) is 0. The van der Waals surface area contributed by atoms with Gasteiger partial charge in [0.25, 0.3) is 0 Å². The highest BCUT2D eigenvalue weighted by Gasteiger charge is 2.22. The van der Waals surface area contributed by atoms with Crippen LogP contribution >= 0.6 is 0 Å². The van der Waals surface area contributed by atoms with Crippen LogP contribution < -0.4 is 11.3 Å². The summed E-state index contributed by atoms with van der Waals surface area (Å²) in [5.41, 5.74) is 2.47. The smallest absolute Gasteiger partial charge is 0.347 e. The molecule has 2 aromatic heterocycles. The normalized spacial score (nSPS) is 14.5. The number of rotatable bonds is 0. The van der Waals surface area contributed by atoms with Gasteiger partial charge in [-0.2, -0.15) is 0 Å².